The normalized spacial score (nSPS) is 23.7. The van der Waals surface area contributed by atoms with Gasteiger partial charge in [0.2, 0.25) is 4.33 Å². The highest BCUT2D eigenvalue weighted by atomic mass is 32.2. The lowest BCUT2D eigenvalue weighted by Gasteiger charge is -2.39. The quantitative estimate of drug-likeness (QED) is 0.837. The van der Waals surface area contributed by atoms with Gasteiger partial charge in [-0.25, -0.2) is 5.01 Å². The average Bonchev–Trinajstić information content (AvgIpc) is 3.03. The Morgan fingerprint density at radius 3 is 2.26 bits per heavy atom. The first kappa shape index (κ1) is 16.1. The topological polar surface area (TPSA) is 53.0 Å². The summed E-state index contributed by atoms with van der Waals surface area (Å²) in [6.07, 6.45) is 0. The minimum absolute atomic E-state index is 0.0288. The fraction of sp³-hybridized carbons (Fsp3) is 0.312. The number of hydrogen-bond acceptors (Lipinski definition) is 7. The lowest BCUT2D eigenvalue weighted by molar-refractivity contribution is -0.113. The number of rotatable bonds is 3. The van der Waals surface area contributed by atoms with Crippen molar-refractivity contribution in [2.45, 2.75) is 25.1 Å². The number of carbonyl (C=O) groups is 2. The SMILES string of the molecule is CC(=O)C1=NN(c2ccccc2)[C@]2(S1)SC(C(C)=O)=C(C)N2C. The van der Waals surface area contributed by atoms with Crippen molar-refractivity contribution in [1.82, 2.24) is 4.90 Å². The molecule has 1 aromatic rings. The first-order valence-corrected chi connectivity index (χ1v) is 8.78. The van der Waals surface area contributed by atoms with Gasteiger partial charge in [-0.05, 0) is 37.7 Å². The van der Waals surface area contributed by atoms with Gasteiger partial charge >= 0.3 is 0 Å². The number of hydrogen-bond donors (Lipinski definition) is 0. The second-order valence-corrected chi connectivity index (χ2v) is 7.99. The molecule has 0 saturated heterocycles. The average molecular weight is 347 g/mol. The van der Waals surface area contributed by atoms with Crippen molar-refractivity contribution in [1.29, 1.82) is 0 Å². The van der Waals surface area contributed by atoms with E-state index >= 15 is 0 Å². The van der Waals surface area contributed by atoms with Crippen LogP contribution in [-0.4, -0.2) is 32.9 Å². The van der Waals surface area contributed by atoms with Crippen LogP contribution in [0, 0.1) is 0 Å². The molecular formula is C16H17N3O2S2. The summed E-state index contributed by atoms with van der Waals surface area (Å²) in [4.78, 5) is 26.6. The second-order valence-electron chi connectivity index (χ2n) is 5.39. The summed E-state index contributed by atoms with van der Waals surface area (Å²) >= 11 is 2.83. The Balaban J connectivity index is 2.08. The number of carbonyl (C=O) groups excluding carboxylic acids is 2. The van der Waals surface area contributed by atoms with Crippen LogP contribution >= 0.6 is 23.5 Å². The molecule has 2 heterocycles. The zero-order chi connectivity index (χ0) is 16.8. The Kier molecular flexibility index (Phi) is 4.01. The number of anilines is 1. The van der Waals surface area contributed by atoms with Crippen LogP contribution < -0.4 is 5.01 Å². The number of allylic oxidation sites excluding steroid dienone is 2. The van der Waals surface area contributed by atoms with E-state index in [0.717, 1.165) is 11.4 Å². The van der Waals surface area contributed by atoms with E-state index in [4.69, 9.17) is 0 Å². The molecule has 0 amide bonds. The Labute approximate surface area is 143 Å². The molecule has 0 N–H and O–H groups in total. The van der Waals surface area contributed by atoms with Crippen molar-refractivity contribution in [3.63, 3.8) is 0 Å². The molecule has 1 spiro atoms. The molecule has 7 heteroatoms. The maximum Gasteiger partial charge on any atom is 0.241 e. The zero-order valence-electron chi connectivity index (χ0n) is 13.4. The van der Waals surface area contributed by atoms with Crippen LogP contribution in [0.15, 0.2) is 46.0 Å². The molecular weight excluding hydrogens is 330 g/mol. The predicted octanol–water partition coefficient (Wildman–Crippen LogP) is 3.25. The molecule has 0 aromatic heterocycles. The molecule has 0 aliphatic carbocycles. The summed E-state index contributed by atoms with van der Waals surface area (Å²) in [6, 6.07) is 9.70. The molecule has 5 nitrogen and oxygen atoms in total. The van der Waals surface area contributed by atoms with Gasteiger partial charge < -0.3 is 4.90 Å². The summed E-state index contributed by atoms with van der Waals surface area (Å²) in [5.41, 5.74) is 1.78. The van der Waals surface area contributed by atoms with Crippen molar-refractivity contribution >= 4 is 45.8 Å². The number of para-hydroxylation sites is 1. The fourth-order valence-electron chi connectivity index (χ4n) is 2.52. The molecule has 23 heavy (non-hydrogen) atoms. The van der Waals surface area contributed by atoms with Crippen LogP contribution in [0.25, 0.3) is 0 Å². The van der Waals surface area contributed by atoms with E-state index < -0.39 is 4.33 Å². The first-order chi connectivity index (χ1) is 10.9. The van der Waals surface area contributed by atoms with Gasteiger partial charge in [-0.1, -0.05) is 30.0 Å². The molecule has 1 aromatic carbocycles. The van der Waals surface area contributed by atoms with Gasteiger partial charge in [0.05, 0.1) is 10.6 Å². The molecule has 2 aliphatic heterocycles. The molecule has 0 radical (unpaired) electrons. The summed E-state index contributed by atoms with van der Waals surface area (Å²) in [7, 11) is 1.93. The Hall–Kier alpha value is -1.73. The highest BCUT2D eigenvalue weighted by Gasteiger charge is 2.55. The van der Waals surface area contributed by atoms with Gasteiger partial charge in [0.25, 0.3) is 0 Å². The maximum absolute atomic E-state index is 12.0. The number of nitrogens with zero attached hydrogens (tertiary/aromatic N) is 3. The highest BCUT2D eigenvalue weighted by Crippen LogP contribution is 2.58. The zero-order valence-corrected chi connectivity index (χ0v) is 15.0. The predicted molar refractivity (Wildman–Crippen MR) is 96.1 cm³/mol. The lowest BCUT2D eigenvalue weighted by atomic mass is 10.3. The maximum atomic E-state index is 12.0. The Bertz CT molecular complexity index is 745. The Morgan fingerprint density at radius 2 is 1.74 bits per heavy atom. The van der Waals surface area contributed by atoms with Crippen molar-refractivity contribution in [3.05, 3.63) is 40.9 Å². The van der Waals surface area contributed by atoms with Crippen LogP contribution in [0.5, 0.6) is 0 Å². The van der Waals surface area contributed by atoms with Crippen LogP contribution in [0.2, 0.25) is 0 Å². The van der Waals surface area contributed by atoms with Gasteiger partial charge in [-0.15, -0.1) is 0 Å². The van der Waals surface area contributed by atoms with E-state index in [9.17, 15) is 9.59 Å². The van der Waals surface area contributed by atoms with E-state index in [-0.39, 0.29) is 11.6 Å². The number of ketones is 2. The van der Waals surface area contributed by atoms with E-state index in [1.165, 1.54) is 30.4 Å². The molecule has 2 aliphatic rings. The fourth-order valence-corrected chi connectivity index (χ4v) is 5.40. The number of Topliss-reactive ketones (excluding diaryl/α,β-unsaturated/α-hetero) is 2. The number of hydrazone groups is 1. The summed E-state index contributed by atoms with van der Waals surface area (Å²) < 4.78 is -0.673. The summed E-state index contributed by atoms with van der Waals surface area (Å²) in [5, 5.41) is 6.82. The van der Waals surface area contributed by atoms with E-state index in [1.807, 2.05) is 54.2 Å². The molecule has 0 fully saturated rings. The van der Waals surface area contributed by atoms with Crippen molar-refractivity contribution in [3.8, 4) is 0 Å². The molecule has 120 valence electrons. The van der Waals surface area contributed by atoms with Gasteiger partial charge in [0.15, 0.2) is 16.6 Å². The second kappa shape index (κ2) is 5.72. The third-order valence-electron chi connectivity index (χ3n) is 3.80. The van der Waals surface area contributed by atoms with Crippen molar-refractivity contribution in [2.75, 3.05) is 12.1 Å². The number of benzene rings is 1. The van der Waals surface area contributed by atoms with Crippen molar-refractivity contribution < 1.29 is 9.59 Å². The number of thioether (sulfide) groups is 2. The molecule has 0 unspecified atom stereocenters. The highest BCUT2D eigenvalue weighted by molar-refractivity contribution is 8.28. The van der Waals surface area contributed by atoms with Gasteiger partial charge in [0, 0.05) is 19.7 Å². The van der Waals surface area contributed by atoms with E-state index in [0.29, 0.717) is 9.95 Å². The smallest absolute Gasteiger partial charge is 0.241 e. The third kappa shape index (κ3) is 2.48. The largest absolute Gasteiger partial charge is 0.335 e. The summed E-state index contributed by atoms with van der Waals surface area (Å²) in [6.45, 7) is 5.01. The molecule has 0 saturated carbocycles. The lowest BCUT2D eigenvalue weighted by Crippen LogP contribution is -2.47. The summed E-state index contributed by atoms with van der Waals surface area (Å²) in [5.74, 6) is -0.0446. The molecule has 3 rings (SSSR count). The van der Waals surface area contributed by atoms with Crippen LogP contribution in [0.4, 0.5) is 5.69 Å². The standard InChI is InChI=1S/C16H17N3O2S2/c1-10-14(11(2)20)22-16(18(10)4)19(13-8-6-5-7-9-13)17-15(23-16)12(3)21/h5-9H,1-4H3/t16-/m0/s1. The van der Waals surface area contributed by atoms with E-state index in [1.54, 1.807) is 6.92 Å². The van der Waals surface area contributed by atoms with Crippen molar-refractivity contribution in [2.24, 2.45) is 5.10 Å². The van der Waals surface area contributed by atoms with Crippen LogP contribution in [0.3, 0.4) is 0 Å². The van der Waals surface area contributed by atoms with Crippen LogP contribution in [-0.2, 0) is 9.59 Å². The van der Waals surface area contributed by atoms with E-state index in [2.05, 4.69) is 5.10 Å². The third-order valence-corrected chi connectivity index (χ3v) is 7.08. The Morgan fingerprint density at radius 1 is 1.09 bits per heavy atom. The molecule has 0 bridgehead atoms. The van der Waals surface area contributed by atoms with Crippen LogP contribution in [0.1, 0.15) is 20.8 Å². The monoisotopic (exact) mass is 347 g/mol. The molecule has 1 atom stereocenters. The minimum atomic E-state index is -0.673. The minimum Gasteiger partial charge on any atom is -0.335 e. The van der Waals surface area contributed by atoms with Gasteiger partial charge in [-0.2, -0.15) is 5.10 Å². The van der Waals surface area contributed by atoms with Gasteiger partial charge in [0.1, 0.15) is 0 Å². The first-order valence-electron chi connectivity index (χ1n) is 7.15. The van der Waals surface area contributed by atoms with Gasteiger partial charge in [-0.3, -0.25) is 9.59 Å².